The zero-order chi connectivity index (χ0) is 17.8. The Morgan fingerprint density at radius 2 is 1.62 bits per heavy atom. The Bertz CT molecular complexity index is 993. The fourth-order valence-corrected chi connectivity index (χ4v) is 4.15. The van der Waals surface area contributed by atoms with Crippen molar-refractivity contribution in [1.82, 2.24) is 20.6 Å². The highest BCUT2D eigenvalue weighted by Gasteiger charge is 2.08. The van der Waals surface area contributed by atoms with Crippen LogP contribution in [0.5, 0.6) is 0 Å². The number of carbonyl (C=O) groups is 1. The van der Waals surface area contributed by atoms with Gasteiger partial charge in [0, 0.05) is 10.9 Å². The summed E-state index contributed by atoms with van der Waals surface area (Å²) in [4.78, 5) is 21.1. The van der Waals surface area contributed by atoms with Crippen LogP contribution in [0.1, 0.15) is 10.0 Å². The fraction of sp³-hybridized carbons (Fsp3) is 0.105. The summed E-state index contributed by atoms with van der Waals surface area (Å²) in [6.45, 7) is 0.821. The molecule has 4 rings (SSSR count). The van der Waals surface area contributed by atoms with Crippen LogP contribution >= 0.6 is 22.7 Å². The Kier molecular flexibility index (Phi) is 4.90. The molecule has 0 radical (unpaired) electrons. The number of fused-ring (bicyclic) bond motifs is 1. The maximum Gasteiger partial charge on any atom is 0.315 e. The third-order valence-electron chi connectivity index (χ3n) is 3.76. The van der Waals surface area contributed by atoms with E-state index in [-0.39, 0.29) is 6.03 Å². The van der Waals surface area contributed by atoms with Gasteiger partial charge < -0.3 is 10.6 Å². The van der Waals surface area contributed by atoms with Crippen molar-refractivity contribution in [3.05, 3.63) is 70.0 Å². The smallest absolute Gasteiger partial charge is 0.315 e. The van der Waals surface area contributed by atoms with E-state index in [9.17, 15) is 4.79 Å². The molecule has 2 aromatic carbocycles. The fourth-order valence-electron chi connectivity index (χ4n) is 2.50. The Morgan fingerprint density at radius 3 is 2.42 bits per heavy atom. The molecule has 0 aliphatic rings. The number of aromatic nitrogens is 2. The van der Waals surface area contributed by atoms with Crippen LogP contribution in [0, 0.1) is 0 Å². The number of nitrogens with one attached hydrogen (secondary N) is 2. The molecule has 130 valence electrons. The molecule has 2 amide bonds. The lowest BCUT2D eigenvalue weighted by atomic mass is 10.2. The van der Waals surface area contributed by atoms with Crippen LogP contribution in [0.2, 0.25) is 0 Å². The molecule has 0 spiro atoms. The summed E-state index contributed by atoms with van der Waals surface area (Å²) >= 11 is 3.13. The zero-order valence-electron chi connectivity index (χ0n) is 13.8. The zero-order valence-corrected chi connectivity index (χ0v) is 15.4. The summed E-state index contributed by atoms with van der Waals surface area (Å²) in [5.74, 6) is 0. The summed E-state index contributed by atoms with van der Waals surface area (Å²) in [7, 11) is 0. The minimum absolute atomic E-state index is 0.222. The molecule has 0 bridgehead atoms. The SMILES string of the molecule is O=C(NCc1nc(-c2ccccc2)cs1)NCc1nc2ccccc2s1. The molecule has 2 heterocycles. The Morgan fingerprint density at radius 1 is 0.885 bits per heavy atom. The first-order valence-electron chi connectivity index (χ1n) is 8.14. The van der Waals surface area contributed by atoms with Crippen molar-refractivity contribution in [3.8, 4) is 11.3 Å². The largest absolute Gasteiger partial charge is 0.332 e. The molecule has 26 heavy (non-hydrogen) atoms. The number of hydrogen-bond acceptors (Lipinski definition) is 5. The van der Waals surface area contributed by atoms with Gasteiger partial charge in [0.15, 0.2) is 0 Å². The highest BCUT2D eigenvalue weighted by molar-refractivity contribution is 7.18. The molecule has 5 nitrogen and oxygen atoms in total. The minimum atomic E-state index is -0.222. The average molecular weight is 380 g/mol. The number of benzene rings is 2. The number of urea groups is 1. The molecular formula is C19H16N4OS2. The van der Waals surface area contributed by atoms with E-state index in [0.717, 1.165) is 31.5 Å². The number of thiazole rings is 2. The van der Waals surface area contributed by atoms with Gasteiger partial charge in [-0.2, -0.15) is 0 Å². The molecule has 4 aromatic rings. The first-order chi connectivity index (χ1) is 12.8. The lowest BCUT2D eigenvalue weighted by Crippen LogP contribution is -2.34. The molecule has 0 saturated heterocycles. The Labute approximate surface area is 158 Å². The van der Waals surface area contributed by atoms with Crippen molar-refractivity contribution >= 4 is 38.9 Å². The molecule has 0 saturated carbocycles. The van der Waals surface area contributed by atoms with Gasteiger partial charge in [0.1, 0.15) is 10.0 Å². The summed E-state index contributed by atoms with van der Waals surface area (Å²) < 4.78 is 1.13. The molecule has 0 aliphatic heterocycles. The van der Waals surface area contributed by atoms with E-state index in [1.54, 1.807) is 11.3 Å². The van der Waals surface area contributed by atoms with Gasteiger partial charge >= 0.3 is 6.03 Å². The number of rotatable bonds is 5. The molecule has 0 unspecified atom stereocenters. The third-order valence-corrected chi connectivity index (χ3v) is 5.65. The van der Waals surface area contributed by atoms with Crippen molar-refractivity contribution in [2.45, 2.75) is 13.1 Å². The van der Waals surface area contributed by atoms with Gasteiger partial charge in [-0.1, -0.05) is 42.5 Å². The van der Waals surface area contributed by atoms with E-state index in [1.807, 2.05) is 60.0 Å². The first-order valence-corrected chi connectivity index (χ1v) is 9.83. The summed E-state index contributed by atoms with van der Waals surface area (Å²) in [5.41, 5.74) is 2.98. The van der Waals surface area contributed by atoms with Crippen LogP contribution in [0.25, 0.3) is 21.5 Å². The standard InChI is InChI=1S/C19H16N4OS2/c24-19(21-11-18-22-14-8-4-5-9-16(14)26-18)20-10-17-23-15(12-25-17)13-6-2-1-3-7-13/h1-9,12H,10-11H2,(H2,20,21,24). The number of hydrogen-bond donors (Lipinski definition) is 2. The van der Waals surface area contributed by atoms with Crippen molar-refractivity contribution in [2.75, 3.05) is 0 Å². The topological polar surface area (TPSA) is 66.9 Å². The molecule has 0 aliphatic carbocycles. The lowest BCUT2D eigenvalue weighted by molar-refractivity contribution is 0.240. The van der Waals surface area contributed by atoms with E-state index in [4.69, 9.17) is 0 Å². The Hall–Kier alpha value is -2.77. The van der Waals surface area contributed by atoms with Crippen molar-refractivity contribution < 1.29 is 4.79 Å². The van der Waals surface area contributed by atoms with Gasteiger partial charge in [0.25, 0.3) is 0 Å². The van der Waals surface area contributed by atoms with Crippen molar-refractivity contribution in [1.29, 1.82) is 0 Å². The number of nitrogens with zero attached hydrogens (tertiary/aromatic N) is 2. The van der Waals surface area contributed by atoms with E-state index < -0.39 is 0 Å². The van der Waals surface area contributed by atoms with E-state index >= 15 is 0 Å². The van der Waals surface area contributed by atoms with Gasteiger partial charge in [-0.3, -0.25) is 0 Å². The molecule has 2 aromatic heterocycles. The summed E-state index contributed by atoms with van der Waals surface area (Å²) in [5, 5.41) is 9.46. The van der Waals surface area contributed by atoms with Crippen molar-refractivity contribution in [3.63, 3.8) is 0 Å². The lowest BCUT2D eigenvalue weighted by Gasteiger charge is -2.04. The van der Waals surface area contributed by atoms with Gasteiger partial charge in [-0.05, 0) is 12.1 Å². The van der Waals surface area contributed by atoms with Gasteiger partial charge in [-0.15, -0.1) is 22.7 Å². The number of carbonyl (C=O) groups excluding carboxylic acids is 1. The van der Waals surface area contributed by atoms with Gasteiger partial charge in [0.2, 0.25) is 0 Å². The maximum absolute atomic E-state index is 12.0. The monoisotopic (exact) mass is 380 g/mol. The third kappa shape index (κ3) is 3.89. The van der Waals surface area contributed by atoms with Crippen molar-refractivity contribution in [2.24, 2.45) is 0 Å². The van der Waals surface area contributed by atoms with Crippen LogP contribution in [0.15, 0.2) is 60.0 Å². The molecular weight excluding hydrogens is 364 g/mol. The number of amides is 2. The second kappa shape index (κ2) is 7.63. The number of para-hydroxylation sites is 1. The normalized spacial score (nSPS) is 10.8. The highest BCUT2D eigenvalue weighted by Crippen LogP contribution is 2.22. The Balaban J connectivity index is 1.29. The first kappa shape index (κ1) is 16.7. The van der Waals surface area contributed by atoms with Crippen LogP contribution in [-0.2, 0) is 13.1 Å². The molecule has 0 fully saturated rings. The molecule has 2 N–H and O–H groups in total. The summed E-state index contributed by atoms with van der Waals surface area (Å²) in [6, 6.07) is 17.7. The van der Waals surface area contributed by atoms with Crippen LogP contribution < -0.4 is 10.6 Å². The molecule has 7 heteroatoms. The minimum Gasteiger partial charge on any atom is -0.332 e. The van der Waals surface area contributed by atoms with Crippen LogP contribution in [-0.4, -0.2) is 16.0 Å². The van der Waals surface area contributed by atoms with Gasteiger partial charge in [0.05, 0.1) is 29.0 Å². The van der Waals surface area contributed by atoms with E-state index in [1.165, 1.54) is 11.3 Å². The average Bonchev–Trinajstić information content (AvgIpc) is 3.32. The van der Waals surface area contributed by atoms with E-state index in [0.29, 0.717) is 13.1 Å². The quantitative estimate of drug-likeness (QED) is 0.539. The van der Waals surface area contributed by atoms with Gasteiger partial charge in [-0.25, -0.2) is 14.8 Å². The van der Waals surface area contributed by atoms with Crippen LogP contribution in [0.4, 0.5) is 4.79 Å². The maximum atomic E-state index is 12.0. The summed E-state index contributed by atoms with van der Waals surface area (Å²) in [6.07, 6.45) is 0. The second-order valence-electron chi connectivity index (χ2n) is 5.60. The predicted octanol–water partition coefficient (Wildman–Crippen LogP) is 4.42. The predicted molar refractivity (Wildman–Crippen MR) is 106 cm³/mol. The molecule has 0 atom stereocenters. The van der Waals surface area contributed by atoms with Crippen LogP contribution in [0.3, 0.4) is 0 Å². The second-order valence-corrected chi connectivity index (χ2v) is 7.66. The highest BCUT2D eigenvalue weighted by atomic mass is 32.1. The van der Waals surface area contributed by atoms with E-state index in [2.05, 4.69) is 20.6 Å².